The van der Waals surface area contributed by atoms with Crippen LogP contribution < -0.4 is 10.1 Å². The monoisotopic (exact) mass is 434 g/mol. The van der Waals surface area contributed by atoms with Crippen molar-refractivity contribution in [3.63, 3.8) is 0 Å². The lowest BCUT2D eigenvalue weighted by molar-refractivity contribution is -0.539. The van der Waals surface area contributed by atoms with Gasteiger partial charge in [0.15, 0.2) is 0 Å². The highest BCUT2D eigenvalue weighted by Crippen LogP contribution is 2.57. The van der Waals surface area contributed by atoms with E-state index in [-0.39, 0.29) is 35.7 Å². The van der Waals surface area contributed by atoms with Crippen molar-refractivity contribution in [3.8, 4) is 5.75 Å². The van der Waals surface area contributed by atoms with E-state index >= 15 is 0 Å². The second-order valence-corrected chi connectivity index (χ2v) is 10.4. The number of nitrogens with one attached hydrogen (secondary N) is 1. The number of hydrogen-bond acceptors (Lipinski definition) is 4. The summed E-state index contributed by atoms with van der Waals surface area (Å²) in [7, 11) is 3.47. The third-order valence-electron chi connectivity index (χ3n) is 7.43. The van der Waals surface area contributed by atoms with Crippen LogP contribution in [0.1, 0.15) is 57.9 Å². The topological polar surface area (TPSA) is 90.2 Å². The third-order valence-corrected chi connectivity index (χ3v) is 7.81. The summed E-state index contributed by atoms with van der Waals surface area (Å²) in [6, 6.07) is 3.94. The van der Waals surface area contributed by atoms with Gasteiger partial charge in [0.1, 0.15) is 11.4 Å². The molecule has 4 fully saturated rings. The Hall–Kier alpha value is -1.63. The molecule has 6 nitrogen and oxygen atoms in total. The lowest BCUT2D eigenvalue weighted by Gasteiger charge is -2.63. The SMILES string of the molecule is C[NH2+]c1ccc(OC)c(Cl)c1C(=N)C(C)CC(=O)N1C2CC3(C)CC1CC(O)(C2)C3. The van der Waals surface area contributed by atoms with E-state index in [1.54, 1.807) is 13.2 Å². The van der Waals surface area contributed by atoms with Gasteiger partial charge in [0, 0.05) is 36.2 Å². The van der Waals surface area contributed by atoms with Crippen LogP contribution in [0, 0.1) is 16.7 Å². The quantitative estimate of drug-likeness (QED) is 0.475. The van der Waals surface area contributed by atoms with Crippen molar-refractivity contribution in [1.82, 2.24) is 4.90 Å². The minimum Gasteiger partial charge on any atom is -0.495 e. The van der Waals surface area contributed by atoms with Crippen molar-refractivity contribution < 1.29 is 20.0 Å². The van der Waals surface area contributed by atoms with Gasteiger partial charge in [-0.3, -0.25) is 4.79 Å². The molecule has 2 saturated carbocycles. The van der Waals surface area contributed by atoms with Crippen molar-refractivity contribution in [1.29, 1.82) is 5.41 Å². The Morgan fingerprint density at radius 2 is 2.00 bits per heavy atom. The number of aliphatic hydroxyl groups is 1. The summed E-state index contributed by atoms with van der Waals surface area (Å²) in [6.07, 6.45) is 4.46. The molecule has 3 unspecified atom stereocenters. The van der Waals surface area contributed by atoms with Crippen LogP contribution in [0.15, 0.2) is 12.1 Å². The first-order valence-electron chi connectivity index (χ1n) is 10.9. The molecule has 1 amide bonds. The molecule has 0 aromatic heterocycles. The van der Waals surface area contributed by atoms with Crippen molar-refractivity contribution in [2.75, 3.05) is 14.2 Å². The molecule has 4 bridgehead atoms. The average molecular weight is 435 g/mol. The van der Waals surface area contributed by atoms with Gasteiger partial charge in [-0.15, -0.1) is 0 Å². The molecule has 5 rings (SSSR count). The zero-order valence-electron chi connectivity index (χ0n) is 18.3. The smallest absolute Gasteiger partial charge is 0.223 e. The standard InChI is InChI=1S/C23H32ClN3O3/c1-13(21(25)19-16(26-3)5-6-17(30-4)20(19)24)7-18(28)27-14-8-22(2)9-15(27)11-23(29,10-14)12-22/h5-6,13-15,25-26,29H,7-12H2,1-4H3/p+1. The number of amides is 1. The minimum atomic E-state index is -0.602. The Balaban J connectivity index is 1.52. The zero-order valence-corrected chi connectivity index (χ0v) is 19.1. The first kappa shape index (κ1) is 21.6. The molecular weight excluding hydrogens is 402 g/mol. The second-order valence-electron chi connectivity index (χ2n) is 9.99. The van der Waals surface area contributed by atoms with E-state index < -0.39 is 5.60 Å². The summed E-state index contributed by atoms with van der Waals surface area (Å²) < 4.78 is 5.33. The lowest BCUT2D eigenvalue weighted by atomic mass is 9.54. The molecule has 0 spiro atoms. The van der Waals surface area contributed by atoms with E-state index in [9.17, 15) is 9.90 Å². The van der Waals surface area contributed by atoms with Gasteiger partial charge < -0.3 is 25.5 Å². The van der Waals surface area contributed by atoms with Crippen LogP contribution in [-0.2, 0) is 4.79 Å². The van der Waals surface area contributed by atoms with Crippen LogP contribution >= 0.6 is 11.6 Å². The molecule has 2 aliphatic heterocycles. The number of rotatable bonds is 6. The predicted molar refractivity (Wildman–Crippen MR) is 117 cm³/mol. The fourth-order valence-corrected chi connectivity index (χ4v) is 6.82. The van der Waals surface area contributed by atoms with E-state index in [0.29, 0.717) is 34.9 Å². The van der Waals surface area contributed by atoms with Crippen LogP contribution in [0.5, 0.6) is 5.75 Å². The van der Waals surface area contributed by atoms with Crippen LogP contribution in [0.25, 0.3) is 0 Å². The van der Waals surface area contributed by atoms with Crippen LogP contribution in [0.2, 0.25) is 5.02 Å². The Morgan fingerprint density at radius 1 is 1.37 bits per heavy atom. The fraction of sp³-hybridized carbons (Fsp3) is 0.652. The number of carbonyl (C=O) groups excluding carboxylic acids is 1. The molecule has 2 heterocycles. The normalized spacial score (nSPS) is 32.9. The highest BCUT2D eigenvalue weighted by Gasteiger charge is 2.59. The molecule has 2 saturated heterocycles. The summed E-state index contributed by atoms with van der Waals surface area (Å²) in [5.74, 6) is 0.359. The average Bonchev–Trinajstić information content (AvgIpc) is 2.64. The predicted octanol–water partition coefficient (Wildman–Crippen LogP) is 2.86. The van der Waals surface area contributed by atoms with E-state index in [2.05, 4.69) is 6.92 Å². The van der Waals surface area contributed by atoms with E-state index in [1.807, 2.05) is 30.3 Å². The molecular formula is C23H33ClN3O3+. The number of nitrogens with zero attached hydrogens (tertiary/aromatic N) is 1. The summed E-state index contributed by atoms with van der Waals surface area (Å²) in [5.41, 5.74) is 1.41. The van der Waals surface area contributed by atoms with E-state index in [1.165, 1.54) is 0 Å². The summed E-state index contributed by atoms with van der Waals surface area (Å²) in [4.78, 5) is 15.4. The first-order chi connectivity index (χ1) is 14.1. The van der Waals surface area contributed by atoms with Gasteiger partial charge >= 0.3 is 0 Å². The molecule has 3 atom stereocenters. The number of hydrogen-bond donors (Lipinski definition) is 3. The minimum absolute atomic E-state index is 0.0919. The van der Waals surface area contributed by atoms with Crippen LogP contribution in [0.3, 0.4) is 0 Å². The maximum Gasteiger partial charge on any atom is 0.223 e. The number of quaternary nitrogens is 1. The van der Waals surface area contributed by atoms with Gasteiger partial charge in [0.2, 0.25) is 5.91 Å². The number of benzene rings is 1. The number of halogens is 1. The fourth-order valence-electron chi connectivity index (χ4n) is 6.47. The molecule has 0 radical (unpaired) electrons. The number of ether oxygens (including phenoxy) is 1. The third kappa shape index (κ3) is 3.53. The van der Waals surface area contributed by atoms with Crippen molar-refractivity contribution >= 4 is 28.9 Å². The Bertz CT molecular complexity index is 851. The Labute approximate surface area is 183 Å². The first-order valence-corrected chi connectivity index (χ1v) is 11.3. The summed E-state index contributed by atoms with van der Waals surface area (Å²) in [6.45, 7) is 4.17. The Morgan fingerprint density at radius 3 is 2.53 bits per heavy atom. The van der Waals surface area contributed by atoms with E-state index in [0.717, 1.165) is 24.9 Å². The molecule has 4 N–H and O–H groups in total. The van der Waals surface area contributed by atoms with Crippen LogP contribution in [0.4, 0.5) is 5.69 Å². The molecule has 30 heavy (non-hydrogen) atoms. The van der Waals surface area contributed by atoms with Gasteiger partial charge in [-0.05, 0) is 43.6 Å². The summed E-state index contributed by atoms with van der Waals surface area (Å²) in [5, 5.41) is 22.1. The van der Waals surface area contributed by atoms with Crippen LogP contribution in [-0.4, -0.2) is 53.5 Å². The van der Waals surface area contributed by atoms with Gasteiger partial charge in [0.25, 0.3) is 0 Å². The number of methoxy groups -OCH3 is 1. The van der Waals surface area contributed by atoms with Gasteiger partial charge in [-0.25, -0.2) is 0 Å². The molecule has 1 aromatic rings. The van der Waals surface area contributed by atoms with Crippen molar-refractivity contribution in [2.24, 2.45) is 11.3 Å². The molecule has 2 aliphatic carbocycles. The molecule has 1 aromatic carbocycles. The van der Waals surface area contributed by atoms with E-state index in [4.69, 9.17) is 21.7 Å². The highest BCUT2D eigenvalue weighted by atomic mass is 35.5. The van der Waals surface area contributed by atoms with Gasteiger partial charge in [-0.2, -0.15) is 0 Å². The number of nitrogens with two attached hydrogens (primary N) is 1. The Kier molecular flexibility index (Phi) is 5.40. The highest BCUT2D eigenvalue weighted by molar-refractivity contribution is 6.36. The lowest BCUT2D eigenvalue weighted by Crippen LogP contribution is -2.73. The largest absolute Gasteiger partial charge is 0.495 e. The molecule has 164 valence electrons. The van der Waals surface area contributed by atoms with Gasteiger partial charge in [-0.1, -0.05) is 25.4 Å². The second kappa shape index (κ2) is 7.50. The number of carbonyl (C=O) groups is 1. The van der Waals surface area contributed by atoms with Crippen molar-refractivity contribution in [3.05, 3.63) is 22.7 Å². The zero-order chi connectivity index (χ0) is 21.8. The number of piperidine rings is 2. The van der Waals surface area contributed by atoms with Crippen molar-refractivity contribution in [2.45, 2.75) is 70.1 Å². The maximum atomic E-state index is 13.3. The molecule has 4 aliphatic rings. The molecule has 7 heteroatoms. The van der Waals surface area contributed by atoms with Gasteiger partial charge in [0.05, 0.1) is 30.3 Å². The maximum absolute atomic E-state index is 13.3. The summed E-state index contributed by atoms with van der Waals surface area (Å²) >= 11 is 6.54.